The van der Waals surface area contributed by atoms with Crippen molar-refractivity contribution in [1.29, 1.82) is 0 Å². The van der Waals surface area contributed by atoms with E-state index in [1.807, 2.05) is 0 Å². The van der Waals surface area contributed by atoms with Gasteiger partial charge in [-0.1, -0.05) is 11.6 Å². The number of hydrogen-bond donors (Lipinski definition) is 2. The van der Waals surface area contributed by atoms with Crippen molar-refractivity contribution in [2.24, 2.45) is 5.10 Å². The van der Waals surface area contributed by atoms with Crippen LogP contribution in [0.3, 0.4) is 0 Å². The van der Waals surface area contributed by atoms with Gasteiger partial charge in [-0.3, -0.25) is 10.2 Å². The van der Waals surface area contributed by atoms with Crippen molar-refractivity contribution >= 4 is 28.9 Å². The zero-order valence-electron chi connectivity index (χ0n) is 10.00. The largest absolute Gasteiger partial charge is 0.495 e. The van der Waals surface area contributed by atoms with Crippen molar-refractivity contribution in [3.63, 3.8) is 0 Å². The van der Waals surface area contributed by atoms with E-state index >= 15 is 0 Å². The van der Waals surface area contributed by atoms with E-state index in [2.05, 4.69) is 15.8 Å². The number of methoxy groups -OCH3 is 1. The number of benzene rings is 1. The molecule has 2 rings (SSSR count). The van der Waals surface area contributed by atoms with Crippen LogP contribution in [-0.2, 0) is 4.79 Å². The van der Waals surface area contributed by atoms with Gasteiger partial charge >= 0.3 is 0 Å². The number of hydrogen-bond acceptors (Lipinski definition) is 4. The topological polar surface area (TPSA) is 62.7 Å². The van der Waals surface area contributed by atoms with Gasteiger partial charge in [0.05, 0.1) is 17.8 Å². The molecule has 0 aromatic heterocycles. The van der Waals surface area contributed by atoms with Gasteiger partial charge in [0.15, 0.2) is 0 Å². The predicted molar refractivity (Wildman–Crippen MR) is 71.3 cm³/mol. The highest BCUT2D eigenvalue weighted by Crippen LogP contribution is 2.27. The Balaban J connectivity index is 2.07. The van der Waals surface area contributed by atoms with E-state index in [-0.39, 0.29) is 5.91 Å². The second kappa shape index (κ2) is 5.73. The number of amides is 1. The highest BCUT2D eigenvalue weighted by Gasteiger charge is 2.15. The summed E-state index contributed by atoms with van der Waals surface area (Å²) in [6, 6.07) is 5.23. The second-order valence-corrected chi connectivity index (χ2v) is 4.29. The van der Waals surface area contributed by atoms with E-state index < -0.39 is 0 Å². The fourth-order valence-electron chi connectivity index (χ4n) is 1.65. The molecule has 0 radical (unpaired) electrons. The van der Waals surface area contributed by atoms with E-state index in [9.17, 15) is 4.79 Å². The molecule has 1 fully saturated rings. The molecule has 0 spiro atoms. The zero-order valence-corrected chi connectivity index (χ0v) is 10.8. The lowest BCUT2D eigenvalue weighted by Crippen LogP contribution is -2.37. The van der Waals surface area contributed by atoms with E-state index in [4.69, 9.17) is 16.3 Å². The number of rotatable bonds is 3. The summed E-state index contributed by atoms with van der Waals surface area (Å²) in [6.07, 6.45) is 1.60. The van der Waals surface area contributed by atoms with Gasteiger partial charge < -0.3 is 10.1 Å². The number of nitrogens with one attached hydrogen (secondary N) is 2. The van der Waals surface area contributed by atoms with Crippen LogP contribution in [0.1, 0.15) is 12.8 Å². The van der Waals surface area contributed by atoms with Crippen LogP contribution in [0.25, 0.3) is 0 Å². The molecule has 0 aliphatic carbocycles. The molecule has 6 heteroatoms. The summed E-state index contributed by atoms with van der Waals surface area (Å²) in [5.41, 5.74) is 4.05. The minimum atomic E-state index is -0.117. The summed E-state index contributed by atoms with van der Waals surface area (Å²) >= 11 is 5.99. The van der Waals surface area contributed by atoms with E-state index in [0.717, 1.165) is 6.42 Å². The van der Waals surface area contributed by atoms with Crippen molar-refractivity contribution in [2.45, 2.75) is 12.8 Å². The number of halogens is 1. The zero-order chi connectivity index (χ0) is 13.0. The van der Waals surface area contributed by atoms with Crippen molar-refractivity contribution in [1.82, 2.24) is 5.32 Å². The Morgan fingerprint density at radius 2 is 2.33 bits per heavy atom. The van der Waals surface area contributed by atoms with Gasteiger partial charge in [-0.15, -0.1) is 0 Å². The Morgan fingerprint density at radius 1 is 1.50 bits per heavy atom. The van der Waals surface area contributed by atoms with Crippen LogP contribution in [0.5, 0.6) is 5.75 Å². The SMILES string of the molecule is COc1ccc(N/N=C2\CCCNC2=O)cc1Cl. The van der Waals surface area contributed by atoms with Gasteiger partial charge in [0.2, 0.25) is 0 Å². The Hall–Kier alpha value is -1.75. The second-order valence-electron chi connectivity index (χ2n) is 3.88. The number of nitrogens with zero attached hydrogens (tertiary/aromatic N) is 1. The quantitative estimate of drug-likeness (QED) is 0.824. The maximum Gasteiger partial charge on any atom is 0.267 e. The van der Waals surface area contributed by atoms with Crippen molar-refractivity contribution in [2.75, 3.05) is 19.1 Å². The van der Waals surface area contributed by atoms with Gasteiger partial charge in [0.25, 0.3) is 5.91 Å². The standard InChI is InChI=1S/C12H14ClN3O2/c1-18-11-5-4-8(7-9(11)13)15-16-10-3-2-6-14-12(10)17/h4-5,7,15H,2-3,6H2,1H3,(H,14,17)/b16-10+. The highest BCUT2D eigenvalue weighted by atomic mass is 35.5. The van der Waals surface area contributed by atoms with Crippen LogP contribution in [0.2, 0.25) is 5.02 Å². The predicted octanol–water partition coefficient (Wildman–Crippen LogP) is 2.03. The van der Waals surface area contributed by atoms with Gasteiger partial charge in [0.1, 0.15) is 11.5 Å². The maximum absolute atomic E-state index is 11.5. The maximum atomic E-state index is 11.5. The van der Waals surface area contributed by atoms with Gasteiger partial charge in [-0.05, 0) is 31.0 Å². The first-order valence-corrected chi connectivity index (χ1v) is 6.03. The monoisotopic (exact) mass is 267 g/mol. The normalized spacial score (nSPS) is 17.4. The molecule has 0 saturated carbocycles. The molecular weight excluding hydrogens is 254 g/mol. The van der Waals surface area contributed by atoms with Gasteiger partial charge in [0, 0.05) is 6.54 Å². The molecule has 18 heavy (non-hydrogen) atoms. The lowest BCUT2D eigenvalue weighted by Gasteiger charge is -2.13. The lowest BCUT2D eigenvalue weighted by atomic mass is 10.1. The number of carbonyl (C=O) groups is 1. The molecule has 1 aliphatic heterocycles. The number of piperidine rings is 1. The Labute approximate surface area is 110 Å². The molecule has 1 aliphatic rings. The first kappa shape index (κ1) is 12.7. The summed E-state index contributed by atoms with van der Waals surface area (Å²) in [6.45, 7) is 0.715. The molecule has 0 bridgehead atoms. The van der Waals surface area contributed by atoms with Gasteiger partial charge in [-0.2, -0.15) is 5.10 Å². The van der Waals surface area contributed by atoms with E-state index in [1.54, 1.807) is 25.3 Å². The summed E-state index contributed by atoms with van der Waals surface area (Å²) < 4.78 is 5.05. The van der Waals surface area contributed by atoms with Crippen LogP contribution in [0, 0.1) is 0 Å². The molecule has 2 N–H and O–H groups in total. The summed E-state index contributed by atoms with van der Waals surface area (Å²) in [5, 5.41) is 7.32. The smallest absolute Gasteiger partial charge is 0.267 e. The van der Waals surface area contributed by atoms with Crippen LogP contribution >= 0.6 is 11.6 Å². The number of ether oxygens (including phenoxy) is 1. The third-order valence-electron chi connectivity index (χ3n) is 2.61. The van der Waals surface area contributed by atoms with Crippen molar-refractivity contribution in [3.8, 4) is 5.75 Å². The van der Waals surface area contributed by atoms with E-state index in [0.29, 0.717) is 35.1 Å². The van der Waals surface area contributed by atoms with E-state index in [1.165, 1.54) is 0 Å². The number of carbonyl (C=O) groups excluding carboxylic acids is 1. The van der Waals surface area contributed by atoms with Crippen LogP contribution < -0.4 is 15.5 Å². The Bertz CT molecular complexity index is 488. The minimum Gasteiger partial charge on any atom is -0.495 e. The van der Waals surface area contributed by atoms with Crippen LogP contribution in [0.4, 0.5) is 5.69 Å². The average molecular weight is 268 g/mol. The third-order valence-corrected chi connectivity index (χ3v) is 2.91. The molecular formula is C12H14ClN3O2. The molecule has 1 amide bonds. The van der Waals surface area contributed by atoms with Crippen molar-refractivity contribution in [3.05, 3.63) is 23.2 Å². The van der Waals surface area contributed by atoms with Crippen molar-refractivity contribution < 1.29 is 9.53 Å². The molecule has 0 unspecified atom stereocenters. The molecule has 1 saturated heterocycles. The first-order chi connectivity index (χ1) is 8.70. The molecule has 0 atom stereocenters. The van der Waals surface area contributed by atoms with Gasteiger partial charge in [-0.25, -0.2) is 0 Å². The summed E-state index contributed by atoms with van der Waals surface area (Å²) in [7, 11) is 1.56. The number of anilines is 1. The molecule has 1 aromatic rings. The third kappa shape index (κ3) is 2.92. The Morgan fingerprint density at radius 3 is 3.00 bits per heavy atom. The average Bonchev–Trinajstić information content (AvgIpc) is 2.38. The lowest BCUT2D eigenvalue weighted by molar-refractivity contribution is -0.115. The van der Waals surface area contributed by atoms with Crippen LogP contribution in [0.15, 0.2) is 23.3 Å². The Kier molecular flexibility index (Phi) is 4.04. The van der Waals surface area contributed by atoms with Crippen LogP contribution in [-0.4, -0.2) is 25.3 Å². The molecule has 96 valence electrons. The summed E-state index contributed by atoms with van der Waals surface area (Å²) in [4.78, 5) is 11.5. The summed E-state index contributed by atoms with van der Waals surface area (Å²) in [5.74, 6) is 0.485. The number of hydrazone groups is 1. The molecule has 1 aromatic carbocycles. The molecule has 1 heterocycles. The molecule has 5 nitrogen and oxygen atoms in total. The fourth-order valence-corrected chi connectivity index (χ4v) is 1.91. The first-order valence-electron chi connectivity index (χ1n) is 5.65. The highest BCUT2D eigenvalue weighted by molar-refractivity contribution is 6.39. The minimum absolute atomic E-state index is 0.117. The fraction of sp³-hybridized carbons (Fsp3) is 0.333.